The lowest BCUT2D eigenvalue weighted by Crippen LogP contribution is -2.13. The normalized spacial score (nSPS) is 9.75. The number of nitrogens with zero attached hydrogens (tertiary/aromatic N) is 1. The summed E-state index contributed by atoms with van der Waals surface area (Å²) < 4.78 is 13.8. The third-order valence-corrected chi connectivity index (χ3v) is 3.20. The standard InChI is InChI=1S/C14H11FN2O2S/c1-9-8-16-14(20-9)17-13(19)11-5-4-10(3-2-6-18)7-12(11)15/h4-5,7-8,18H,6H2,1H3,(H,16,17,19). The first kappa shape index (κ1) is 14.2. The molecule has 20 heavy (non-hydrogen) atoms. The Morgan fingerprint density at radius 1 is 1.55 bits per heavy atom. The van der Waals surface area contributed by atoms with E-state index >= 15 is 0 Å². The summed E-state index contributed by atoms with van der Waals surface area (Å²) in [5, 5.41) is 11.5. The summed E-state index contributed by atoms with van der Waals surface area (Å²) in [5.41, 5.74) is 0.325. The molecule has 0 fully saturated rings. The Kier molecular flexibility index (Phi) is 4.45. The van der Waals surface area contributed by atoms with Crippen molar-refractivity contribution in [3.8, 4) is 11.8 Å². The molecule has 2 N–H and O–H groups in total. The number of anilines is 1. The van der Waals surface area contributed by atoms with E-state index in [-0.39, 0.29) is 12.2 Å². The summed E-state index contributed by atoms with van der Waals surface area (Å²) in [4.78, 5) is 16.8. The van der Waals surface area contributed by atoms with Crippen LogP contribution < -0.4 is 5.32 Å². The Morgan fingerprint density at radius 3 is 2.95 bits per heavy atom. The first-order valence-corrected chi connectivity index (χ1v) is 6.55. The zero-order chi connectivity index (χ0) is 14.5. The van der Waals surface area contributed by atoms with Gasteiger partial charge in [0, 0.05) is 16.6 Å². The van der Waals surface area contributed by atoms with E-state index in [1.54, 1.807) is 6.20 Å². The maximum absolute atomic E-state index is 13.8. The van der Waals surface area contributed by atoms with Gasteiger partial charge in [-0.25, -0.2) is 9.37 Å². The molecule has 0 saturated heterocycles. The Balaban J connectivity index is 2.18. The number of rotatable bonds is 2. The van der Waals surface area contributed by atoms with E-state index in [1.165, 1.54) is 23.5 Å². The second-order valence-electron chi connectivity index (χ2n) is 3.88. The first-order valence-electron chi connectivity index (χ1n) is 5.73. The average Bonchev–Trinajstić information content (AvgIpc) is 2.81. The number of aromatic nitrogens is 1. The van der Waals surface area contributed by atoms with Gasteiger partial charge in [0.25, 0.3) is 5.91 Å². The third kappa shape index (κ3) is 3.41. The first-order chi connectivity index (χ1) is 9.60. The van der Waals surface area contributed by atoms with Crippen LogP contribution in [0.2, 0.25) is 0 Å². The molecule has 0 bridgehead atoms. The van der Waals surface area contributed by atoms with Crippen molar-refractivity contribution in [3.63, 3.8) is 0 Å². The lowest BCUT2D eigenvalue weighted by atomic mass is 10.1. The van der Waals surface area contributed by atoms with Crippen molar-refractivity contribution < 1.29 is 14.3 Å². The number of nitrogens with one attached hydrogen (secondary N) is 1. The van der Waals surface area contributed by atoms with Gasteiger partial charge in [-0.15, -0.1) is 11.3 Å². The Bertz CT molecular complexity index is 701. The smallest absolute Gasteiger partial charge is 0.260 e. The molecule has 0 aliphatic heterocycles. The Labute approximate surface area is 119 Å². The highest BCUT2D eigenvalue weighted by Crippen LogP contribution is 2.18. The molecule has 1 aromatic carbocycles. The van der Waals surface area contributed by atoms with Gasteiger partial charge in [0.05, 0.1) is 5.56 Å². The molecule has 2 aromatic rings. The largest absolute Gasteiger partial charge is 0.384 e. The number of aliphatic hydroxyl groups excluding tert-OH is 1. The number of amides is 1. The van der Waals surface area contributed by atoms with E-state index in [2.05, 4.69) is 22.1 Å². The van der Waals surface area contributed by atoms with Crippen LogP contribution >= 0.6 is 11.3 Å². The lowest BCUT2D eigenvalue weighted by Gasteiger charge is -2.03. The molecule has 0 aliphatic rings. The van der Waals surface area contributed by atoms with Crippen LogP contribution in [0.15, 0.2) is 24.4 Å². The zero-order valence-corrected chi connectivity index (χ0v) is 11.4. The molecule has 1 heterocycles. The van der Waals surface area contributed by atoms with Gasteiger partial charge in [-0.2, -0.15) is 0 Å². The van der Waals surface area contributed by atoms with Crippen LogP contribution in [0.4, 0.5) is 9.52 Å². The number of carbonyl (C=O) groups excluding carboxylic acids is 1. The molecule has 6 heteroatoms. The second kappa shape index (κ2) is 6.28. The van der Waals surface area contributed by atoms with E-state index in [0.717, 1.165) is 10.9 Å². The molecule has 0 radical (unpaired) electrons. The van der Waals surface area contributed by atoms with Crippen LogP contribution in [0.5, 0.6) is 0 Å². The molecule has 2 rings (SSSR count). The molecule has 102 valence electrons. The van der Waals surface area contributed by atoms with E-state index in [9.17, 15) is 9.18 Å². The summed E-state index contributed by atoms with van der Waals surface area (Å²) in [6, 6.07) is 4.03. The predicted octanol–water partition coefficient (Wildman–Crippen LogP) is 2.19. The molecule has 0 aliphatic carbocycles. The highest BCUT2D eigenvalue weighted by atomic mass is 32.1. The number of benzene rings is 1. The maximum atomic E-state index is 13.8. The molecular weight excluding hydrogens is 279 g/mol. The van der Waals surface area contributed by atoms with Crippen molar-refractivity contribution in [2.24, 2.45) is 0 Å². The van der Waals surface area contributed by atoms with E-state index < -0.39 is 11.7 Å². The number of hydrogen-bond acceptors (Lipinski definition) is 4. The summed E-state index contributed by atoms with van der Waals surface area (Å²) in [6.45, 7) is 1.57. The van der Waals surface area contributed by atoms with Crippen LogP contribution in [0.3, 0.4) is 0 Å². The third-order valence-electron chi connectivity index (χ3n) is 2.37. The van der Waals surface area contributed by atoms with Gasteiger partial charge in [0.2, 0.25) is 0 Å². The van der Waals surface area contributed by atoms with Gasteiger partial charge >= 0.3 is 0 Å². The highest BCUT2D eigenvalue weighted by molar-refractivity contribution is 7.15. The van der Waals surface area contributed by atoms with E-state index in [1.807, 2.05) is 6.92 Å². The van der Waals surface area contributed by atoms with Crippen LogP contribution in [-0.4, -0.2) is 22.6 Å². The van der Waals surface area contributed by atoms with Crippen molar-refractivity contribution in [1.82, 2.24) is 4.98 Å². The second-order valence-corrected chi connectivity index (χ2v) is 5.12. The van der Waals surface area contributed by atoms with Crippen molar-refractivity contribution in [1.29, 1.82) is 0 Å². The quantitative estimate of drug-likeness (QED) is 0.833. The Hall–Kier alpha value is -2.23. The molecule has 0 saturated carbocycles. The summed E-state index contributed by atoms with van der Waals surface area (Å²) in [5.74, 6) is 3.76. The minimum absolute atomic E-state index is 0.0765. The molecule has 4 nitrogen and oxygen atoms in total. The number of aryl methyl sites for hydroxylation is 1. The number of aliphatic hydroxyl groups is 1. The van der Waals surface area contributed by atoms with Crippen LogP contribution in [0.1, 0.15) is 20.8 Å². The fourth-order valence-corrected chi connectivity index (χ4v) is 2.16. The van der Waals surface area contributed by atoms with Crippen LogP contribution in [-0.2, 0) is 0 Å². The monoisotopic (exact) mass is 290 g/mol. The van der Waals surface area contributed by atoms with Crippen LogP contribution in [0.25, 0.3) is 0 Å². The van der Waals surface area contributed by atoms with Gasteiger partial charge in [-0.05, 0) is 25.1 Å². The highest BCUT2D eigenvalue weighted by Gasteiger charge is 2.13. The van der Waals surface area contributed by atoms with Crippen molar-refractivity contribution in [3.05, 3.63) is 46.2 Å². The minimum Gasteiger partial charge on any atom is -0.384 e. The van der Waals surface area contributed by atoms with Crippen molar-refractivity contribution >= 4 is 22.4 Å². The SMILES string of the molecule is Cc1cnc(NC(=O)c2ccc(C#CCO)cc2F)s1. The van der Waals surface area contributed by atoms with Gasteiger partial charge in [-0.3, -0.25) is 10.1 Å². The van der Waals surface area contributed by atoms with Gasteiger partial charge in [0.15, 0.2) is 5.13 Å². The maximum Gasteiger partial charge on any atom is 0.260 e. The molecule has 1 amide bonds. The zero-order valence-electron chi connectivity index (χ0n) is 10.6. The topological polar surface area (TPSA) is 62.2 Å². The lowest BCUT2D eigenvalue weighted by molar-refractivity contribution is 0.102. The fourth-order valence-electron chi connectivity index (χ4n) is 1.50. The average molecular weight is 290 g/mol. The molecule has 0 atom stereocenters. The molecular formula is C14H11FN2O2S. The molecule has 0 spiro atoms. The Morgan fingerprint density at radius 2 is 2.35 bits per heavy atom. The van der Waals surface area contributed by atoms with Crippen molar-refractivity contribution in [2.45, 2.75) is 6.92 Å². The van der Waals surface area contributed by atoms with Gasteiger partial charge < -0.3 is 5.11 Å². The summed E-state index contributed by atoms with van der Waals surface area (Å²) >= 11 is 1.32. The van der Waals surface area contributed by atoms with Gasteiger partial charge in [0.1, 0.15) is 12.4 Å². The number of hydrogen-bond donors (Lipinski definition) is 2. The van der Waals surface area contributed by atoms with Gasteiger partial charge in [-0.1, -0.05) is 11.8 Å². The van der Waals surface area contributed by atoms with Crippen molar-refractivity contribution in [2.75, 3.05) is 11.9 Å². The fraction of sp³-hybridized carbons (Fsp3) is 0.143. The van der Waals surface area contributed by atoms with E-state index in [0.29, 0.717) is 10.7 Å². The molecule has 1 aromatic heterocycles. The number of carbonyl (C=O) groups is 1. The number of thiazole rings is 1. The summed E-state index contributed by atoms with van der Waals surface area (Å²) in [6.07, 6.45) is 1.63. The number of halogens is 1. The predicted molar refractivity (Wildman–Crippen MR) is 75.2 cm³/mol. The van der Waals surface area contributed by atoms with Crippen LogP contribution in [0, 0.1) is 24.6 Å². The van der Waals surface area contributed by atoms with E-state index in [4.69, 9.17) is 5.11 Å². The molecule has 0 unspecified atom stereocenters. The summed E-state index contributed by atoms with van der Waals surface area (Å²) in [7, 11) is 0. The minimum atomic E-state index is -0.666.